The Balaban J connectivity index is 2.00. The number of benzene rings is 1. The summed E-state index contributed by atoms with van der Waals surface area (Å²) in [6.07, 6.45) is 3.24. The van der Waals surface area contributed by atoms with Crippen LogP contribution < -0.4 is 14.4 Å². The molecule has 1 amide bonds. The first kappa shape index (κ1) is 18.5. The molecular formula is C18H24N4O3. The molecule has 0 radical (unpaired) electrons. The maximum Gasteiger partial charge on any atom is 0.239 e. The van der Waals surface area contributed by atoms with Crippen LogP contribution in [-0.2, 0) is 4.79 Å². The van der Waals surface area contributed by atoms with Crippen molar-refractivity contribution in [2.75, 3.05) is 38.7 Å². The Morgan fingerprint density at radius 3 is 2.40 bits per heavy atom. The minimum atomic E-state index is 0.0681. The van der Waals surface area contributed by atoms with Gasteiger partial charge in [0.05, 0.1) is 19.5 Å². The van der Waals surface area contributed by atoms with Crippen molar-refractivity contribution in [2.45, 2.75) is 13.8 Å². The van der Waals surface area contributed by atoms with Crippen LogP contribution in [0.3, 0.4) is 0 Å². The van der Waals surface area contributed by atoms with Gasteiger partial charge in [-0.3, -0.25) is 9.78 Å². The fourth-order valence-corrected chi connectivity index (χ4v) is 2.26. The van der Waals surface area contributed by atoms with Gasteiger partial charge < -0.3 is 19.3 Å². The molecule has 0 N–H and O–H groups in total. The van der Waals surface area contributed by atoms with Crippen molar-refractivity contribution < 1.29 is 14.3 Å². The molecule has 0 saturated heterocycles. The zero-order valence-electron chi connectivity index (χ0n) is 15.1. The van der Waals surface area contributed by atoms with E-state index in [1.165, 1.54) is 0 Å². The summed E-state index contributed by atoms with van der Waals surface area (Å²) in [7, 11) is 3.53. The largest absolute Gasteiger partial charge is 0.497 e. The van der Waals surface area contributed by atoms with Gasteiger partial charge in [-0.05, 0) is 31.2 Å². The first-order valence-corrected chi connectivity index (χ1v) is 8.14. The molecule has 1 aromatic carbocycles. The normalized spacial score (nSPS) is 10.2. The summed E-state index contributed by atoms with van der Waals surface area (Å²) < 4.78 is 10.9. The van der Waals surface area contributed by atoms with Crippen molar-refractivity contribution >= 4 is 11.7 Å². The van der Waals surface area contributed by atoms with E-state index in [1.54, 1.807) is 31.3 Å². The van der Waals surface area contributed by atoms with Crippen molar-refractivity contribution in [2.24, 2.45) is 0 Å². The van der Waals surface area contributed by atoms with Gasteiger partial charge in [0, 0.05) is 33.6 Å². The average molecular weight is 344 g/mol. The molecule has 0 aliphatic carbocycles. The van der Waals surface area contributed by atoms with Gasteiger partial charge in [0.15, 0.2) is 5.82 Å². The lowest BCUT2D eigenvalue weighted by atomic mass is 10.3. The van der Waals surface area contributed by atoms with Gasteiger partial charge in [0.2, 0.25) is 11.8 Å². The molecule has 0 unspecified atom stereocenters. The molecule has 7 nitrogen and oxygen atoms in total. The van der Waals surface area contributed by atoms with E-state index in [0.29, 0.717) is 37.1 Å². The molecule has 2 rings (SSSR count). The summed E-state index contributed by atoms with van der Waals surface area (Å²) in [6.45, 7) is 5.52. The lowest BCUT2D eigenvalue weighted by Gasteiger charge is -2.24. The molecule has 134 valence electrons. The maximum atomic E-state index is 11.5. The number of amides is 1. The summed E-state index contributed by atoms with van der Waals surface area (Å²) in [6, 6.07) is 7.26. The third-order valence-corrected chi connectivity index (χ3v) is 3.81. The lowest BCUT2D eigenvalue weighted by Crippen LogP contribution is -2.36. The number of rotatable bonds is 8. The van der Waals surface area contributed by atoms with Crippen LogP contribution in [0.2, 0.25) is 0 Å². The van der Waals surface area contributed by atoms with Crippen molar-refractivity contribution in [3.8, 4) is 17.4 Å². The second-order valence-electron chi connectivity index (χ2n) is 5.51. The number of hydrogen-bond donors (Lipinski definition) is 0. The van der Waals surface area contributed by atoms with Gasteiger partial charge in [-0.1, -0.05) is 0 Å². The quantitative estimate of drug-likeness (QED) is 0.733. The van der Waals surface area contributed by atoms with E-state index in [0.717, 1.165) is 5.75 Å². The highest BCUT2D eigenvalue weighted by Gasteiger charge is 2.10. The molecule has 0 atom stereocenters. The highest BCUT2D eigenvalue weighted by Crippen LogP contribution is 2.23. The zero-order valence-corrected chi connectivity index (χ0v) is 15.1. The molecule has 0 aliphatic rings. The number of carbonyl (C=O) groups excluding carboxylic acids is 1. The van der Waals surface area contributed by atoms with E-state index < -0.39 is 0 Å². The van der Waals surface area contributed by atoms with Gasteiger partial charge in [0.1, 0.15) is 11.5 Å². The summed E-state index contributed by atoms with van der Waals surface area (Å²) in [5, 5.41) is 0. The molecule has 25 heavy (non-hydrogen) atoms. The fourth-order valence-electron chi connectivity index (χ4n) is 2.26. The number of anilines is 1. The molecule has 0 aliphatic heterocycles. The Bertz CT molecular complexity index is 691. The molecule has 2 aromatic rings. The van der Waals surface area contributed by atoms with E-state index in [1.807, 2.05) is 43.1 Å². The van der Waals surface area contributed by atoms with Crippen LogP contribution in [0.5, 0.6) is 17.4 Å². The molecule has 1 aromatic heterocycles. The Kier molecular flexibility index (Phi) is 6.56. The Hall–Kier alpha value is -2.83. The highest BCUT2D eigenvalue weighted by atomic mass is 16.5. The minimum Gasteiger partial charge on any atom is -0.497 e. The van der Waals surface area contributed by atoms with Crippen molar-refractivity contribution in [3.05, 3.63) is 36.7 Å². The number of nitrogens with zero attached hydrogens (tertiary/aromatic N) is 4. The summed E-state index contributed by atoms with van der Waals surface area (Å²) in [5.74, 6) is 2.58. The number of methoxy groups -OCH3 is 1. The molecule has 7 heteroatoms. The number of ether oxygens (including phenoxy) is 2. The summed E-state index contributed by atoms with van der Waals surface area (Å²) >= 11 is 0. The molecule has 0 spiro atoms. The van der Waals surface area contributed by atoms with Crippen LogP contribution in [0, 0.1) is 0 Å². The lowest BCUT2D eigenvalue weighted by molar-refractivity contribution is -0.128. The van der Waals surface area contributed by atoms with Crippen LogP contribution in [-0.4, -0.2) is 54.6 Å². The molecule has 1 heterocycles. The second kappa shape index (κ2) is 8.86. The van der Waals surface area contributed by atoms with Gasteiger partial charge >= 0.3 is 0 Å². The third kappa shape index (κ3) is 5.34. The second-order valence-corrected chi connectivity index (χ2v) is 5.51. The number of hydrogen-bond acceptors (Lipinski definition) is 6. The zero-order chi connectivity index (χ0) is 18.2. The van der Waals surface area contributed by atoms with Crippen molar-refractivity contribution in [1.29, 1.82) is 0 Å². The number of carbonyl (C=O) groups is 1. The van der Waals surface area contributed by atoms with Crippen LogP contribution in [0.25, 0.3) is 0 Å². The SMILES string of the molecule is CCN(CCN(C)c1cncc(Oc2ccc(OC)cc2)n1)C(C)=O. The van der Waals surface area contributed by atoms with Crippen molar-refractivity contribution in [1.82, 2.24) is 14.9 Å². The molecule has 0 saturated carbocycles. The van der Waals surface area contributed by atoms with Crippen LogP contribution in [0.4, 0.5) is 5.82 Å². The molecule has 0 fully saturated rings. The summed E-state index contributed by atoms with van der Waals surface area (Å²) in [4.78, 5) is 23.9. The Morgan fingerprint density at radius 1 is 1.12 bits per heavy atom. The monoisotopic (exact) mass is 344 g/mol. The van der Waals surface area contributed by atoms with E-state index in [-0.39, 0.29) is 5.91 Å². The Labute approximate surface area is 148 Å². The summed E-state index contributed by atoms with van der Waals surface area (Å²) in [5.41, 5.74) is 0. The molecule has 0 bridgehead atoms. The first-order chi connectivity index (χ1) is 12.0. The highest BCUT2D eigenvalue weighted by molar-refractivity contribution is 5.73. The van der Waals surface area contributed by atoms with Gasteiger partial charge in [-0.25, -0.2) is 0 Å². The van der Waals surface area contributed by atoms with Gasteiger partial charge in [-0.2, -0.15) is 4.98 Å². The standard InChI is InChI=1S/C18H24N4O3/c1-5-22(14(2)23)11-10-21(3)17-12-19-13-18(20-17)25-16-8-6-15(24-4)7-9-16/h6-9,12-13H,5,10-11H2,1-4H3. The van der Waals surface area contributed by atoms with E-state index in [2.05, 4.69) is 9.97 Å². The first-order valence-electron chi connectivity index (χ1n) is 8.14. The predicted molar refractivity (Wildman–Crippen MR) is 96.3 cm³/mol. The van der Waals surface area contributed by atoms with E-state index in [9.17, 15) is 4.79 Å². The van der Waals surface area contributed by atoms with Crippen LogP contribution in [0.15, 0.2) is 36.7 Å². The Morgan fingerprint density at radius 2 is 1.80 bits per heavy atom. The maximum absolute atomic E-state index is 11.5. The average Bonchev–Trinajstić information content (AvgIpc) is 2.62. The van der Waals surface area contributed by atoms with E-state index in [4.69, 9.17) is 9.47 Å². The van der Waals surface area contributed by atoms with Crippen molar-refractivity contribution in [3.63, 3.8) is 0 Å². The van der Waals surface area contributed by atoms with Crippen LogP contribution >= 0.6 is 0 Å². The number of aromatic nitrogens is 2. The number of likely N-dealkylation sites (N-methyl/N-ethyl adjacent to an activating group) is 2. The van der Waals surface area contributed by atoms with Gasteiger partial charge in [-0.15, -0.1) is 0 Å². The minimum absolute atomic E-state index is 0.0681. The third-order valence-electron chi connectivity index (χ3n) is 3.81. The predicted octanol–water partition coefficient (Wildman–Crippen LogP) is 2.58. The topological polar surface area (TPSA) is 67.8 Å². The fraction of sp³-hybridized carbons (Fsp3) is 0.389. The smallest absolute Gasteiger partial charge is 0.239 e. The van der Waals surface area contributed by atoms with Gasteiger partial charge in [0.25, 0.3) is 0 Å². The van der Waals surface area contributed by atoms with E-state index >= 15 is 0 Å². The molecular weight excluding hydrogens is 320 g/mol. The van der Waals surface area contributed by atoms with Crippen LogP contribution in [0.1, 0.15) is 13.8 Å².